The minimum Gasteiger partial charge on any atom is -0.397 e. The number of hydrogen-bond acceptors (Lipinski definition) is 4. The van der Waals surface area contributed by atoms with E-state index in [2.05, 4.69) is 33.7 Å². The second kappa shape index (κ2) is 3.78. The number of nitrogens with one attached hydrogen (secondary N) is 1. The van der Waals surface area contributed by atoms with Crippen LogP contribution < -0.4 is 16.0 Å². The fourth-order valence-electron chi connectivity index (χ4n) is 2.21. The van der Waals surface area contributed by atoms with Gasteiger partial charge >= 0.3 is 0 Å². The largest absolute Gasteiger partial charge is 0.397 e. The Morgan fingerprint density at radius 1 is 1.41 bits per heavy atom. The van der Waals surface area contributed by atoms with Crippen LogP contribution in [-0.4, -0.2) is 23.0 Å². The van der Waals surface area contributed by atoms with E-state index in [4.69, 9.17) is 5.73 Å². The highest BCUT2D eigenvalue weighted by Gasteiger charge is 2.16. The Kier molecular flexibility index (Phi) is 2.26. The average Bonchev–Trinajstić information content (AvgIpc) is 2.69. The lowest BCUT2D eigenvalue weighted by Gasteiger charge is -2.21. The van der Waals surface area contributed by atoms with Crippen LogP contribution in [0.3, 0.4) is 0 Å². The molecule has 1 aliphatic rings. The maximum atomic E-state index is 5.99. The van der Waals surface area contributed by atoms with Crippen molar-refractivity contribution in [3.63, 3.8) is 0 Å². The van der Waals surface area contributed by atoms with Crippen LogP contribution >= 0.6 is 0 Å². The Bertz CT molecular complexity index is 584. The van der Waals surface area contributed by atoms with Crippen LogP contribution in [0.5, 0.6) is 0 Å². The van der Waals surface area contributed by atoms with Crippen molar-refractivity contribution in [3.05, 3.63) is 30.5 Å². The highest BCUT2D eigenvalue weighted by Crippen LogP contribution is 2.29. The molecular weight excluding hydrogens is 214 g/mol. The van der Waals surface area contributed by atoms with E-state index in [9.17, 15) is 0 Å². The first-order chi connectivity index (χ1) is 8.27. The number of nitrogen functional groups attached to an aromatic ring is 1. The first-order valence-corrected chi connectivity index (χ1v) is 5.62. The molecule has 1 aliphatic heterocycles. The summed E-state index contributed by atoms with van der Waals surface area (Å²) >= 11 is 0. The van der Waals surface area contributed by atoms with E-state index in [0.29, 0.717) is 0 Å². The molecule has 0 amide bonds. The van der Waals surface area contributed by atoms with Crippen LogP contribution in [0.4, 0.5) is 11.5 Å². The molecule has 0 unspecified atom stereocenters. The molecular formula is C12H15N5. The number of hydrogen-bond donors (Lipinski definition) is 2. The highest BCUT2D eigenvalue weighted by molar-refractivity contribution is 5.98. The lowest BCUT2D eigenvalue weighted by Crippen LogP contribution is -2.34. The summed E-state index contributed by atoms with van der Waals surface area (Å²) in [6.07, 6.45) is 4.14. The van der Waals surface area contributed by atoms with Gasteiger partial charge in [0.25, 0.3) is 0 Å². The first-order valence-electron chi connectivity index (χ1n) is 5.62. The molecule has 0 fully saturated rings. The van der Waals surface area contributed by atoms with Gasteiger partial charge in [-0.25, -0.2) is 0 Å². The van der Waals surface area contributed by atoms with E-state index in [1.54, 1.807) is 0 Å². The van der Waals surface area contributed by atoms with Crippen molar-refractivity contribution < 1.29 is 0 Å². The zero-order valence-corrected chi connectivity index (χ0v) is 9.72. The molecule has 3 rings (SSSR count). The van der Waals surface area contributed by atoms with Crippen LogP contribution in [0.15, 0.2) is 30.5 Å². The SMILES string of the molecule is Cn1nc(N2C=CCNC2)c2cccc(N)c21. The molecule has 0 saturated carbocycles. The van der Waals surface area contributed by atoms with Crippen LogP contribution in [-0.2, 0) is 7.05 Å². The summed E-state index contributed by atoms with van der Waals surface area (Å²) < 4.78 is 1.84. The van der Waals surface area contributed by atoms with Crippen molar-refractivity contribution >= 4 is 22.4 Å². The Labute approximate surface area is 99.5 Å². The molecule has 2 aromatic rings. The minimum atomic E-state index is 0.762. The third-order valence-electron chi connectivity index (χ3n) is 2.98. The zero-order chi connectivity index (χ0) is 11.8. The van der Waals surface area contributed by atoms with Crippen molar-refractivity contribution in [1.82, 2.24) is 15.1 Å². The van der Waals surface area contributed by atoms with Gasteiger partial charge in [0.2, 0.25) is 0 Å². The molecule has 2 heterocycles. The molecule has 0 aliphatic carbocycles. The van der Waals surface area contributed by atoms with Crippen LogP contribution in [0.2, 0.25) is 0 Å². The number of fused-ring (bicyclic) bond motifs is 1. The topological polar surface area (TPSA) is 59.1 Å². The fourth-order valence-corrected chi connectivity index (χ4v) is 2.21. The molecule has 88 valence electrons. The summed E-state index contributed by atoms with van der Waals surface area (Å²) in [7, 11) is 1.92. The van der Waals surface area contributed by atoms with Crippen molar-refractivity contribution in [2.75, 3.05) is 23.8 Å². The second-order valence-electron chi connectivity index (χ2n) is 4.16. The Morgan fingerprint density at radius 2 is 2.29 bits per heavy atom. The van der Waals surface area contributed by atoms with Gasteiger partial charge in [-0.15, -0.1) is 0 Å². The third kappa shape index (κ3) is 1.55. The standard InChI is InChI=1S/C12H15N5/c1-16-11-9(4-2-5-10(11)13)12(15-16)17-7-3-6-14-8-17/h2-5,7,14H,6,8,13H2,1H3. The van der Waals surface area contributed by atoms with Crippen molar-refractivity contribution in [2.24, 2.45) is 7.05 Å². The predicted molar refractivity (Wildman–Crippen MR) is 69.6 cm³/mol. The molecule has 5 nitrogen and oxygen atoms in total. The van der Waals surface area contributed by atoms with Gasteiger partial charge in [0.05, 0.1) is 17.9 Å². The summed E-state index contributed by atoms with van der Waals surface area (Å²) in [5.41, 5.74) is 7.74. The van der Waals surface area contributed by atoms with E-state index in [0.717, 1.165) is 35.6 Å². The molecule has 1 aromatic heterocycles. The van der Waals surface area contributed by atoms with Crippen molar-refractivity contribution in [3.8, 4) is 0 Å². The van der Waals surface area contributed by atoms with Gasteiger partial charge in [-0.05, 0) is 12.1 Å². The number of benzene rings is 1. The number of aryl methyl sites for hydroxylation is 1. The van der Waals surface area contributed by atoms with E-state index >= 15 is 0 Å². The smallest absolute Gasteiger partial charge is 0.163 e. The molecule has 0 radical (unpaired) electrons. The first kappa shape index (κ1) is 10.2. The fraction of sp³-hybridized carbons (Fsp3) is 0.250. The van der Waals surface area contributed by atoms with Crippen LogP contribution in [0, 0.1) is 0 Å². The highest BCUT2D eigenvalue weighted by atomic mass is 15.4. The summed E-state index contributed by atoms with van der Waals surface area (Å²) in [5.74, 6) is 0.943. The molecule has 0 saturated heterocycles. The number of para-hydroxylation sites is 1. The van der Waals surface area contributed by atoms with Gasteiger partial charge in [-0.2, -0.15) is 5.10 Å². The Balaban J connectivity index is 2.20. The van der Waals surface area contributed by atoms with Crippen molar-refractivity contribution in [1.29, 1.82) is 0 Å². The molecule has 0 spiro atoms. The monoisotopic (exact) mass is 229 g/mol. The third-order valence-corrected chi connectivity index (χ3v) is 2.98. The Morgan fingerprint density at radius 3 is 3.06 bits per heavy atom. The maximum Gasteiger partial charge on any atom is 0.163 e. The van der Waals surface area contributed by atoms with E-state index < -0.39 is 0 Å². The predicted octanol–water partition coefficient (Wildman–Crippen LogP) is 1.04. The number of anilines is 2. The Hall–Kier alpha value is -2.01. The molecule has 0 atom stereocenters. The summed E-state index contributed by atoms with van der Waals surface area (Å²) in [4.78, 5) is 2.09. The van der Waals surface area contributed by atoms with Crippen molar-refractivity contribution in [2.45, 2.75) is 0 Å². The molecule has 1 aromatic carbocycles. The lowest BCUT2D eigenvalue weighted by molar-refractivity contribution is 0.703. The van der Waals surface area contributed by atoms with Crippen LogP contribution in [0.1, 0.15) is 0 Å². The van der Waals surface area contributed by atoms with Gasteiger partial charge in [-0.3, -0.25) is 10.00 Å². The molecule has 3 N–H and O–H groups in total. The van der Waals surface area contributed by atoms with Crippen LogP contribution in [0.25, 0.3) is 10.9 Å². The summed E-state index contributed by atoms with van der Waals surface area (Å²) in [6.45, 7) is 1.68. The van der Waals surface area contributed by atoms with Gasteiger partial charge in [0, 0.05) is 25.2 Å². The molecule has 5 heteroatoms. The second-order valence-corrected chi connectivity index (χ2v) is 4.16. The minimum absolute atomic E-state index is 0.762. The van der Waals surface area contributed by atoms with Gasteiger partial charge < -0.3 is 10.6 Å². The summed E-state index contributed by atoms with van der Waals surface area (Å²) in [5, 5.41) is 8.91. The summed E-state index contributed by atoms with van der Waals surface area (Å²) in [6, 6.07) is 5.92. The number of nitrogens with two attached hydrogens (primary N) is 1. The normalized spacial score (nSPS) is 15.7. The van der Waals surface area contributed by atoms with Gasteiger partial charge in [0.1, 0.15) is 0 Å². The number of nitrogens with zero attached hydrogens (tertiary/aromatic N) is 3. The van der Waals surface area contributed by atoms with Gasteiger partial charge in [0.15, 0.2) is 5.82 Å². The quantitative estimate of drug-likeness (QED) is 0.717. The maximum absolute atomic E-state index is 5.99. The number of aromatic nitrogens is 2. The van der Waals surface area contributed by atoms with E-state index in [-0.39, 0.29) is 0 Å². The lowest BCUT2D eigenvalue weighted by atomic mass is 10.2. The molecule has 17 heavy (non-hydrogen) atoms. The average molecular weight is 229 g/mol. The van der Waals surface area contributed by atoms with E-state index in [1.807, 2.05) is 23.9 Å². The molecule has 0 bridgehead atoms. The number of rotatable bonds is 1. The van der Waals surface area contributed by atoms with E-state index in [1.165, 1.54) is 0 Å². The zero-order valence-electron chi connectivity index (χ0n) is 9.72. The van der Waals surface area contributed by atoms with Gasteiger partial charge in [-0.1, -0.05) is 12.1 Å².